The summed E-state index contributed by atoms with van der Waals surface area (Å²) in [5.74, 6) is -0.214. The molecular weight excluding hydrogens is 455 g/mol. The van der Waals surface area contributed by atoms with Gasteiger partial charge >= 0.3 is 10.3 Å². The monoisotopic (exact) mass is 484 g/mol. The fraction of sp³-hybridized carbons (Fsp3) is 0.280. The van der Waals surface area contributed by atoms with Crippen LogP contribution in [-0.2, 0) is 20.6 Å². The van der Waals surface area contributed by atoms with Gasteiger partial charge in [-0.05, 0) is 16.7 Å². The lowest BCUT2D eigenvalue weighted by molar-refractivity contribution is -0.0734. The first-order valence-electron chi connectivity index (χ1n) is 10.8. The SMILES string of the molecule is CN(CC1CN(C(c2ccccc2)(c2ccccc2)c2ccccc2)CC(P)O1)S(=O)(=O)O. The van der Waals surface area contributed by atoms with Crippen LogP contribution < -0.4 is 0 Å². The Morgan fingerprint density at radius 2 is 1.33 bits per heavy atom. The van der Waals surface area contributed by atoms with E-state index in [0.29, 0.717) is 13.1 Å². The smallest absolute Gasteiger partial charge is 0.335 e. The van der Waals surface area contributed by atoms with Crippen LogP contribution in [0, 0.1) is 0 Å². The molecule has 0 bridgehead atoms. The molecular formula is C25H29N2O4PS. The molecule has 6 nitrogen and oxygen atoms in total. The van der Waals surface area contributed by atoms with Crippen LogP contribution in [0.25, 0.3) is 0 Å². The molecule has 1 aliphatic rings. The van der Waals surface area contributed by atoms with Crippen molar-refractivity contribution in [2.45, 2.75) is 17.5 Å². The fourth-order valence-electron chi connectivity index (χ4n) is 4.71. The number of nitrogens with zero attached hydrogens (tertiary/aromatic N) is 2. The van der Waals surface area contributed by atoms with Gasteiger partial charge in [0.25, 0.3) is 0 Å². The van der Waals surface area contributed by atoms with Crippen molar-refractivity contribution >= 4 is 19.5 Å². The second-order valence-corrected chi connectivity index (χ2v) is 10.5. The normalized spacial score (nSPS) is 20.1. The Bertz CT molecular complexity index is 1050. The third-order valence-electron chi connectivity index (χ3n) is 6.10. The Kier molecular flexibility index (Phi) is 7.29. The molecule has 174 valence electrons. The summed E-state index contributed by atoms with van der Waals surface area (Å²) in [7, 11) is -0.224. The number of likely N-dealkylation sites (N-methyl/N-ethyl adjacent to an activating group) is 1. The highest BCUT2D eigenvalue weighted by molar-refractivity contribution is 7.83. The van der Waals surface area contributed by atoms with Gasteiger partial charge in [-0.1, -0.05) is 91.0 Å². The highest BCUT2D eigenvalue weighted by Crippen LogP contribution is 2.44. The summed E-state index contributed by atoms with van der Waals surface area (Å²) in [5, 5.41) is 0. The van der Waals surface area contributed by atoms with Crippen molar-refractivity contribution in [2.24, 2.45) is 0 Å². The number of hydrogen-bond acceptors (Lipinski definition) is 4. The van der Waals surface area contributed by atoms with Gasteiger partial charge in [0.2, 0.25) is 0 Å². The second kappa shape index (κ2) is 10.0. The van der Waals surface area contributed by atoms with Gasteiger partial charge in [0.05, 0.1) is 17.5 Å². The molecule has 1 N–H and O–H groups in total. The topological polar surface area (TPSA) is 70.1 Å². The van der Waals surface area contributed by atoms with Gasteiger partial charge in [0.1, 0.15) is 0 Å². The maximum Gasteiger partial charge on any atom is 0.335 e. The lowest BCUT2D eigenvalue weighted by Gasteiger charge is -2.50. The molecule has 3 aromatic carbocycles. The summed E-state index contributed by atoms with van der Waals surface area (Å²) >= 11 is 0. The molecule has 0 saturated carbocycles. The van der Waals surface area contributed by atoms with E-state index in [1.54, 1.807) is 0 Å². The van der Waals surface area contributed by atoms with Gasteiger partial charge < -0.3 is 4.74 Å². The van der Waals surface area contributed by atoms with Gasteiger partial charge in [-0.3, -0.25) is 9.45 Å². The molecule has 3 aromatic rings. The number of benzene rings is 3. The minimum Gasteiger partial charge on any atom is -0.367 e. The molecule has 3 atom stereocenters. The van der Waals surface area contributed by atoms with Gasteiger partial charge in [-0.15, -0.1) is 9.24 Å². The molecule has 8 heteroatoms. The van der Waals surface area contributed by atoms with Gasteiger partial charge in [-0.25, -0.2) is 0 Å². The van der Waals surface area contributed by atoms with E-state index in [9.17, 15) is 13.0 Å². The van der Waals surface area contributed by atoms with Crippen LogP contribution in [0.15, 0.2) is 91.0 Å². The molecule has 0 radical (unpaired) electrons. The van der Waals surface area contributed by atoms with Crippen molar-refractivity contribution < 1.29 is 17.7 Å². The van der Waals surface area contributed by atoms with Crippen molar-refractivity contribution in [1.82, 2.24) is 9.21 Å². The lowest BCUT2D eigenvalue weighted by atomic mass is 9.75. The highest BCUT2D eigenvalue weighted by atomic mass is 32.2. The molecule has 0 spiro atoms. The van der Waals surface area contributed by atoms with E-state index in [1.165, 1.54) is 7.05 Å². The molecule has 33 heavy (non-hydrogen) atoms. The van der Waals surface area contributed by atoms with Crippen LogP contribution >= 0.6 is 9.24 Å². The average molecular weight is 485 g/mol. The quantitative estimate of drug-likeness (QED) is 0.315. The third-order valence-corrected chi connectivity index (χ3v) is 7.40. The van der Waals surface area contributed by atoms with Gasteiger partial charge in [0, 0.05) is 26.7 Å². The zero-order chi connectivity index (χ0) is 23.5. The molecule has 1 saturated heterocycles. The van der Waals surface area contributed by atoms with Crippen LogP contribution in [0.5, 0.6) is 0 Å². The number of ether oxygens (including phenoxy) is 1. The predicted molar refractivity (Wildman–Crippen MR) is 133 cm³/mol. The number of rotatable bonds is 7. The van der Waals surface area contributed by atoms with Crippen molar-refractivity contribution in [1.29, 1.82) is 0 Å². The molecule has 1 heterocycles. The number of morpholine rings is 1. The van der Waals surface area contributed by atoms with Crippen LogP contribution in [0.2, 0.25) is 0 Å². The van der Waals surface area contributed by atoms with E-state index >= 15 is 0 Å². The highest BCUT2D eigenvalue weighted by Gasteiger charge is 2.45. The summed E-state index contributed by atoms with van der Waals surface area (Å²) in [5.41, 5.74) is 2.73. The minimum absolute atomic E-state index is 0.0503. The maximum atomic E-state index is 11.6. The van der Waals surface area contributed by atoms with Crippen LogP contribution in [0.3, 0.4) is 0 Å². The fourth-order valence-corrected chi connectivity index (χ4v) is 5.54. The Morgan fingerprint density at radius 3 is 1.73 bits per heavy atom. The summed E-state index contributed by atoms with van der Waals surface area (Å²) < 4.78 is 39.8. The molecule has 0 aromatic heterocycles. The van der Waals surface area contributed by atoms with Crippen molar-refractivity contribution in [3.8, 4) is 0 Å². The number of hydrogen-bond donors (Lipinski definition) is 1. The second-order valence-electron chi connectivity index (χ2n) is 8.27. The van der Waals surface area contributed by atoms with E-state index in [1.807, 2.05) is 54.6 Å². The minimum atomic E-state index is -4.30. The maximum absolute atomic E-state index is 11.6. The van der Waals surface area contributed by atoms with Crippen molar-refractivity contribution in [2.75, 3.05) is 26.7 Å². The van der Waals surface area contributed by atoms with Crippen LogP contribution in [-0.4, -0.2) is 60.8 Å². The standard InChI is InChI=1S/C25H29N2O4PS/c1-26(33(28,29)30)17-23-18-27(19-24(32)31-23)25(20-11-5-2-6-12-20,21-13-7-3-8-14-21)22-15-9-4-10-16-22/h2-16,23-24H,17-19,32H2,1H3,(H,28,29,30). The van der Waals surface area contributed by atoms with E-state index in [4.69, 9.17) is 4.74 Å². The third kappa shape index (κ3) is 5.04. The van der Waals surface area contributed by atoms with Crippen LogP contribution in [0.4, 0.5) is 0 Å². The van der Waals surface area contributed by atoms with E-state index in [0.717, 1.165) is 21.0 Å². The Balaban J connectivity index is 1.87. The summed E-state index contributed by atoms with van der Waals surface area (Å²) in [6, 6.07) is 31.0. The zero-order valence-corrected chi connectivity index (χ0v) is 20.5. The molecule has 1 fully saturated rings. The summed E-state index contributed by atoms with van der Waals surface area (Å²) in [4.78, 5) is 2.36. The van der Waals surface area contributed by atoms with Gasteiger partial charge in [-0.2, -0.15) is 12.7 Å². The molecule has 3 unspecified atom stereocenters. The van der Waals surface area contributed by atoms with E-state index < -0.39 is 21.9 Å². The summed E-state index contributed by atoms with van der Waals surface area (Å²) in [6.07, 6.45) is -0.427. The van der Waals surface area contributed by atoms with Gasteiger partial charge in [0.15, 0.2) is 0 Å². The first-order chi connectivity index (χ1) is 15.8. The summed E-state index contributed by atoms with van der Waals surface area (Å²) in [6.45, 7) is 1.15. The molecule has 4 rings (SSSR count). The van der Waals surface area contributed by atoms with E-state index in [-0.39, 0.29) is 12.4 Å². The lowest BCUT2D eigenvalue weighted by Crippen LogP contribution is -2.58. The Labute approximate surface area is 198 Å². The largest absolute Gasteiger partial charge is 0.367 e. The first kappa shape index (κ1) is 24.0. The molecule has 0 amide bonds. The van der Waals surface area contributed by atoms with Crippen molar-refractivity contribution in [3.63, 3.8) is 0 Å². The predicted octanol–water partition coefficient (Wildman–Crippen LogP) is 3.62. The molecule has 1 aliphatic heterocycles. The van der Waals surface area contributed by atoms with Crippen LogP contribution in [0.1, 0.15) is 16.7 Å². The zero-order valence-electron chi connectivity index (χ0n) is 18.5. The van der Waals surface area contributed by atoms with E-state index in [2.05, 4.69) is 50.5 Å². The van der Waals surface area contributed by atoms with Crippen molar-refractivity contribution in [3.05, 3.63) is 108 Å². The Morgan fingerprint density at radius 1 is 0.909 bits per heavy atom. The average Bonchev–Trinajstić information content (AvgIpc) is 2.81. The molecule has 0 aliphatic carbocycles. The first-order valence-corrected chi connectivity index (χ1v) is 12.9. The Hall–Kier alpha value is -2.12.